The number of hydrogen-bond donors (Lipinski definition) is 1. The number of benzene rings is 1. The third kappa shape index (κ3) is 3.54. The van der Waals surface area contributed by atoms with Crippen LogP contribution < -0.4 is 0 Å². The van der Waals surface area contributed by atoms with E-state index in [9.17, 15) is 9.59 Å². The van der Waals surface area contributed by atoms with Crippen molar-refractivity contribution in [2.45, 2.75) is 0 Å². The van der Waals surface area contributed by atoms with E-state index in [1.165, 1.54) is 0 Å². The molecule has 5 nitrogen and oxygen atoms in total. The lowest BCUT2D eigenvalue weighted by Crippen LogP contribution is -2.49. The Morgan fingerprint density at radius 1 is 1.16 bits per heavy atom. The largest absolute Gasteiger partial charge is 0.480 e. The van der Waals surface area contributed by atoms with Crippen molar-refractivity contribution in [2.24, 2.45) is 0 Å². The van der Waals surface area contributed by atoms with E-state index in [1.54, 1.807) is 11.0 Å². The van der Waals surface area contributed by atoms with Gasteiger partial charge in [-0.05, 0) is 28.1 Å². The van der Waals surface area contributed by atoms with E-state index in [1.807, 2.05) is 23.1 Å². The highest BCUT2D eigenvalue weighted by atomic mass is 79.9. The summed E-state index contributed by atoms with van der Waals surface area (Å²) in [5.41, 5.74) is 0.647. The van der Waals surface area contributed by atoms with E-state index >= 15 is 0 Å². The summed E-state index contributed by atoms with van der Waals surface area (Å²) >= 11 is 3.37. The first kappa shape index (κ1) is 14.0. The van der Waals surface area contributed by atoms with E-state index < -0.39 is 5.97 Å². The van der Waals surface area contributed by atoms with Gasteiger partial charge in [0.25, 0.3) is 5.91 Å². The van der Waals surface area contributed by atoms with Crippen LogP contribution in [-0.4, -0.2) is 59.5 Å². The molecule has 0 spiro atoms. The molecule has 0 unspecified atom stereocenters. The Labute approximate surface area is 119 Å². The molecule has 0 aliphatic carbocycles. The monoisotopic (exact) mass is 326 g/mol. The number of hydrogen-bond acceptors (Lipinski definition) is 3. The number of carbonyl (C=O) groups is 2. The highest BCUT2D eigenvalue weighted by Gasteiger charge is 2.23. The Morgan fingerprint density at radius 3 is 2.37 bits per heavy atom. The fraction of sp³-hybridized carbons (Fsp3) is 0.385. The molecule has 1 aromatic rings. The summed E-state index contributed by atoms with van der Waals surface area (Å²) < 4.78 is 0.785. The molecule has 102 valence electrons. The Kier molecular flexibility index (Phi) is 4.55. The molecule has 0 radical (unpaired) electrons. The number of amides is 1. The molecular weight excluding hydrogens is 312 g/mol. The van der Waals surface area contributed by atoms with Crippen LogP contribution in [0.4, 0.5) is 0 Å². The van der Waals surface area contributed by atoms with Crippen molar-refractivity contribution in [1.29, 1.82) is 0 Å². The quantitative estimate of drug-likeness (QED) is 0.909. The van der Waals surface area contributed by atoms with Crippen LogP contribution >= 0.6 is 15.9 Å². The molecular formula is C13H15BrN2O3. The Hall–Kier alpha value is -1.40. The summed E-state index contributed by atoms with van der Waals surface area (Å²) in [4.78, 5) is 26.5. The molecule has 19 heavy (non-hydrogen) atoms. The number of rotatable bonds is 3. The van der Waals surface area contributed by atoms with Gasteiger partial charge in [0.1, 0.15) is 0 Å². The van der Waals surface area contributed by atoms with Crippen LogP contribution in [0.2, 0.25) is 0 Å². The van der Waals surface area contributed by atoms with E-state index in [-0.39, 0.29) is 12.5 Å². The van der Waals surface area contributed by atoms with Crippen molar-refractivity contribution >= 4 is 27.8 Å². The van der Waals surface area contributed by atoms with Gasteiger partial charge in [-0.25, -0.2) is 0 Å². The molecule has 1 heterocycles. The number of carboxylic acids is 1. The second-order valence-corrected chi connectivity index (χ2v) is 5.30. The maximum absolute atomic E-state index is 12.3. The van der Waals surface area contributed by atoms with Crippen molar-refractivity contribution in [2.75, 3.05) is 32.7 Å². The summed E-state index contributed by atoms with van der Waals surface area (Å²) in [5.74, 6) is -0.840. The number of piperazine rings is 1. The summed E-state index contributed by atoms with van der Waals surface area (Å²) in [5, 5.41) is 8.73. The number of nitrogens with zero attached hydrogens (tertiary/aromatic N) is 2. The molecule has 2 rings (SSSR count). The van der Waals surface area contributed by atoms with Gasteiger partial charge in [0.2, 0.25) is 0 Å². The molecule has 0 bridgehead atoms. The zero-order chi connectivity index (χ0) is 13.8. The summed E-state index contributed by atoms with van der Waals surface area (Å²) in [6.07, 6.45) is 0. The molecule has 1 fully saturated rings. The van der Waals surface area contributed by atoms with Gasteiger partial charge in [0, 0.05) is 30.7 Å². The smallest absolute Gasteiger partial charge is 0.317 e. The van der Waals surface area contributed by atoms with E-state index in [2.05, 4.69) is 15.9 Å². The first-order chi connectivity index (χ1) is 9.08. The standard InChI is InChI=1S/C13H15BrN2O3/c14-11-4-2-1-3-10(11)13(19)16-7-5-15(6-8-16)9-12(17)18/h1-4H,5-9H2,(H,17,18). The van der Waals surface area contributed by atoms with Gasteiger partial charge >= 0.3 is 5.97 Å². The molecule has 0 aromatic heterocycles. The second-order valence-electron chi connectivity index (χ2n) is 4.44. The van der Waals surface area contributed by atoms with Crippen LogP contribution in [0.1, 0.15) is 10.4 Å². The average Bonchev–Trinajstić information content (AvgIpc) is 2.39. The first-order valence-corrected chi connectivity index (χ1v) is 6.85. The van der Waals surface area contributed by atoms with Gasteiger partial charge in [-0.3, -0.25) is 14.5 Å². The maximum Gasteiger partial charge on any atom is 0.317 e. The fourth-order valence-electron chi connectivity index (χ4n) is 2.11. The number of halogens is 1. The number of carboxylic acid groups (broad SMARTS) is 1. The Bertz CT molecular complexity index is 485. The van der Waals surface area contributed by atoms with Crippen molar-refractivity contribution in [3.05, 3.63) is 34.3 Å². The first-order valence-electron chi connectivity index (χ1n) is 6.06. The van der Waals surface area contributed by atoms with E-state index in [0.29, 0.717) is 31.7 Å². The van der Waals surface area contributed by atoms with Crippen LogP contribution in [0, 0.1) is 0 Å². The molecule has 1 amide bonds. The minimum Gasteiger partial charge on any atom is -0.480 e. The Morgan fingerprint density at radius 2 is 1.79 bits per heavy atom. The molecule has 6 heteroatoms. The third-order valence-electron chi connectivity index (χ3n) is 3.12. The van der Waals surface area contributed by atoms with Crippen LogP contribution in [0.25, 0.3) is 0 Å². The molecule has 1 aliphatic heterocycles. The van der Waals surface area contributed by atoms with Gasteiger partial charge in [0.05, 0.1) is 12.1 Å². The molecule has 1 saturated heterocycles. The predicted molar refractivity (Wildman–Crippen MR) is 74.1 cm³/mol. The molecule has 0 atom stereocenters. The van der Waals surface area contributed by atoms with Crippen molar-refractivity contribution < 1.29 is 14.7 Å². The molecule has 1 N–H and O–H groups in total. The van der Waals surface area contributed by atoms with Crippen LogP contribution in [0.3, 0.4) is 0 Å². The highest BCUT2D eigenvalue weighted by molar-refractivity contribution is 9.10. The van der Waals surface area contributed by atoms with Gasteiger partial charge < -0.3 is 10.0 Å². The molecule has 1 aromatic carbocycles. The molecule has 1 aliphatic rings. The third-order valence-corrected chi connectivity index (χ3v) is 3.81. The van der Waals surface area contributed by atoms with Crippen molar-refractivity contribution in [3.8, 4) is 0 Å². The highest BCUT2D eigenvalue weighted by Crippen LogP contribution is 2.18. The minimum atomic E-state index is -0.828. The van der Waals surface area contributed by atoms with E-state index in [4.69, 9.17) is 5.11 Å². The van der Waals surface area contributed by atoms with Crippen molar-refractivity contribution in [3.63, 3.8) is 0 Å². The summed E-state index contributed by atoms with van der Waals surface area (Å²) in [6.45, 7) is 2.36. The maximum atomic E-state index is 12.3. The normalized spacial score (nSPS) is 16.4. The zero-order valence-corrected chi connectivity index (χ0v) is 12.0. The van der Waals surface area contributed by atoms with Crippen LogP contribution in [-0.2, 0) is 4.79 Å². The lowest BCUT2D eigenvalue weighted by atomic mass is 10.2. The molecule has 0 saturated carbocycles. The predicted octanol–water partition coefficient (Wildman–Crippen LogP) is 1.29. The van der Waals surface area contributed by atoms with Gasteiger partial charge in [-0.2, -0.15) is 0 Å². The average molecular weight is 327 g/mol. The lowest BCUT2D eigenvalue weighted by molar-refractivity contribution is -0.138. The fourth-order valence-corrected chi connectivity index (χ4v) is 2.56. The SMILES string of the molecule is O=C(O)CN1CCN(C(=O)c2ccccc2Br)CC1. The van der Waals surface area contributed by atoms with Gasteiger partial charge in [-0.1, -0.05) is 12.1 Å². The van der Waals surface area contributed by atoms with E-state index in [0.717, 1.165) is 4.47 Å². The van der Waals surface area contributed by atoms with Crippen LogP contribution in [0.15, 0.2) is 28.7 Å². The van der Waals surface area contributed by atoms with Crippen molar-refractivity contribution in [1.82, 2.24) is 9.80 Å². The second kappa shape index (κ2) is 6.16. The zero-order valence-electron chi connectivity index (χ0n) is 10.4. The topological polar surface area (TPSA) is 60.9 Å². The summed E-state index contributed by atoms with van der Waals surface area (Å²) in [7, 11) is 0. The number of carbonyl (C=O) groups excluding carboxylic acids is 1. The lowest BCUT2D eigenvalue weighted by Gasteiger charge is -2.34. The minimum absolute atomic E-state index is 0.0116. The number of aliphatic carboxylic acids is 1. The Balaban J connectivity index is 1.96. The van der Waals surface area contributed by atoms with Gasteiger partial charge in [-0.15, -0.1) is 0 Å². The summed E-state index contributed by atoms with van der Waals surface area (Å²) in [6, 6.07) is 7.33. The van der Waals surface area contributed by atoms with Crippen LogP contribution in [0.5, 0.6) is 0 Å². The van der Waals surface area contributed by atoms with Gasteiger partial charge in [0.15, 0.2) is 0 Å².